The zero-order chi connectivity index (χ0) is 17.8. The van der Waals surface area contributed by atoms with Crippen molar-refractivity contribution in [3.8, 4) is 0 Å². The van der Waals surface area contributed by atoms with Crippen LogP contribution in [-0.2, 0) is 0 Å². The Hall–Kier alpha value is -1.94. The van der Waals surface area contributed by atoms with E-state index in [0.717, 1.165) is 30.8 Å². The van der Waals surface area contributed by atoms with Gasteiger partial charge in [-0.15, -0.1) is 0 Å². The molecule has 0 radical (unpaired) electrons. The van der Waals surface area contributed by atoms with E-state index < -0.39 is 0 Å². The van der Waals surface area contributed by atoms with Gasteiger partial charge in [-0.3, -0.25) is 9.79 Å². The molecule has 0 unspecified atom stereocenters. The highest BCUT2D eigenvalue weighted by Crippen LogP contribution is 2.26. The number of aliphatic imine (C=N–C) groups is 1. The van der Waals surface area contributed by atoms with E-state index in [1.165, 1.54) is 0 Å². The summed E-state index contributed by atoms with van der Waals surface area (Å²) in [6.45, 7) is 20.9. The monoisotopic (exact) mass is 335 g/mol. The smallest absolute Gasteiger partial charge is 0.253 e. The molecule has 1 aromatic carbocycles. The summed E-state index contributed by atoms with van der Waals surface area (Å²) in [5, 5.41) is 2.95. The van der Waals surface area contributed by atoms with Crippen molar-refractivity contribution in [1.82, 2.24) is 10.2 Å². The van der Waals surface area contributed by atoms with Crippen molar-refractivity contribution in [2.24, 2.45) is 4.99 Å². The maximum Gasteiger partial charge on any atom is 0.253 e. The van der Waals surface area contributed by atoms with E-state index in [0.29, 0.717) is 17.8 Å². The molecule has 4 heteroatoms. The average Bonchev–Trinajstić information content (AvgIpc) is 2.59. The van der Waals surface area contributed by atoms with Gasteiger partial charge in [0.25, 0.3) is 5.91 Å². The number of hydrogen-bond donors (Lipinski definition) is 1. The molecular formula is C20H37N3O. The Kier molecular flexibility index (Phi) is 13.7. The maximum absolute atomic E-state index is 12.4. The third-order valence-corrected chi connectivity index (χ3v) is 3.51. The minimum Gasteiger partial charge on any atom is -0.351 e. The highest BCUT2D eigenvalue weighted by Gasteiger charge is 2.14. The van der Waals surface area contributed by atoms with E-state index in [1.54, 1.807) is 6.08 Å². The van der Waals surface area contributed by atoms with Crippen LogP contribution in [0.15, 0.2) is 23.7 Å². The first-order chi connectivity index (χ1) is 11.1. The Balaban J connectivity index is -0.00000116. The lowest BCUT2D eigenvalue weighted by Crippen LogP contribution is -2.34. The van der Waals surface area contributed by atoms with Gasteiger partial charge in [0, 0.05) is 20.1 Å². The lowest BCUT2D eigenvalue weighted by atomic mass is 10.0. The second-order valence-corrected chi connectivity index (χ2v) is 4.90. The SMILES string of the molecule is C.C=Cc1cc(C)cc(C(=O)NCCN(CC)CC)c1N=C.CC.[HH]. The average molecular weight is 336 g/mol. The molecule has 0 fully saturated rings. The molecule has 1 rings (SSSR count). The molecule has 0 heterocycles. The Bertz CT molecular complexity index is 526. The van der Waals surface area contributed by atoms with Crippen LogP contribution in [0, 0.1) is 6.92 Å². The molecule has 138 valence electrons. The lowest BCUT2D eigenvalue weighted by molar-refractivity contribution is 0.0949. The fourth-order valence-electron chi connectivity index (χ4n) is 2.27. The predicted molar refractivity (Wildman–Crippen MR) is 111 cm³/mol. The summed E-state index contributed by atoms with van der Waals surface area (Å²) in [7, 11) is 0. The summed E-state index contributed by atoms with van der Waals surface area (Å²) in [6, 6.07) is 3.79. The van der Waals surface area contributed by atoms with Crippen molar-refractivity contribution in [1.29, 1.82) is 0 Å². The highest BCUT2D eigenvalue weighted by atomic mass is 16.1. The molecule has 24 heavy (non-hydrogen) atoms. The van der Waals surface area contributed by atoms with Crippen LogP contribution in [0.3, 0.4) is 0 Å². The number of nitrogens with zero attached hydrogens (tertiary/aromatic N) is 2. The summed E-state index contributed by atoms with van der Waals surface area (Å²) in [5.41, 5.74) is 2.99. The summed E-state index contributed by atoms with van der Waals surface area (Å²) in [6.07, 6.45) is 1.70. The van der Waals surface area contributed by atoms with Gasteiger partial charge in [0.1, 0.15) is 0 Å². The molecule has 0 saturated carbocycles. The number of amides is 1. The van der Waals surface area contributed by atoms with Crippen molar-refractivity contribution >= 4 is 24.4 Å². The van der Waals surface area contributed by atoms with Crippen molar-refractivity contribution in [3.05, 3.63) is 35.4 Å². The number of aryl methyl sites for hydroxylation is 1. The van der Waals surface area contributed by atoms with Crippen molar-refractivity contribution < 1.29 is 6.22 Å². The zero-order valence-corrected chi connectivity index (χ0v) is 15.3. The first-order valence-corrected chi connectivity index (χ1v) is 8.31. The molecular weight excluding hydrogens is 298 g/mol. The van der Waals surface area contributed by atoms with E-state index >= 15 is 0 Å². The van der Waals surface area contributed by atoms with Crippen LogP contribution in [-0.4, -0.2) is 43.7 Å². The first-order valence-electron chi connectivity index (χ1n) is 8.31. The van der Waals surface area contributed by atoms with Gasteiger partial charge in [0.2, 0.25) is 0 Å². The van der Waals surface area contributed by atoms with Gasteiger partial charge in [-0.2, -0.15) is 0 Å². The van der Waals surface area contributed by atoms with E-state index in [9.17, 15) is 4.79 Å². The number of benzene rings is 1. The van der Waals surface area contributed by atoms with Crippen LogP contribution in [0.25, 0.3) is 6.08 Å². The second kappa shape index (κ2) is 13.5. The topological polar surface area (TPSA) is 44.7 Å². The first kappa shape index (κ1) is 24.3. The van der Waals surface area contributed by atoms with Gasteiger partial charge in [-0.25, -0.2) is 0 Å². The molecule has 0 bridgehead atoms. The van der Waals surface area contributed by atoms with Gasteiger partial charge in [-0.05, 0) is 44.4 Å². The highest BCUT2D eigenvalue weighted by molar-refractivity contribution is 6.01. The number of likely N-dealkylation sites (N-methyl/N-ethyl adjacent to an activating group) is 1. The fraction of sp³-hybridized carbons (Fsp3) is 0.500. The van der Waals surface area contributed by atoms with Crippen LogP contribution in [0.2, 0.25) is 0 Å². The van der Waals surface area contributed by atoms with Crippen molar-refractivity contribution in [2.75, 3.05) is 26.2 Å². The lowest BCUT2D eigenvalue weighted by Gasteiger charge is -2.18. The van der Waals surface area contributed by atoms with Gasteiger partial charge >= 0.3 is 0 Å². The third kappa shape index (κ3) is 7.09. The van der Waals surface area contributed by atoms with Gasteiger partial charge in [0.15, 0.2) is 0 Å². The Morgan fingerprint density at radius 1 is 1.33 bits per heavy atom. The number of carbonyl (C=O) groups is 1. The van der Waals surface area contributed by atoms with Gasteiger partial charge in [-0.1, -0.05) is 47.8 Å². The summed E-state index contributed by atoms with van der Waals surface area (Å²) < 4.78 is 0. The molecule has 0 spiro atoms. The number of rotatable bonds is 8. The zero-order valence-electron chi connectivity index (χ0n) is 15.3. The summed E-state index contributed by atoms with van der Waals surface area (Å²) in [4.78, 5) is 18.6. The van der Waals surface area contributed by atoms with Crippen LogP contribution in [0.1, 0.15) is 58.0 Å². The van der Waals surface area contributed by atoms with Gasteiger partial charge < -0.3 is 10.2 Å². The van der Waals surface area contributed by atoms with E-state index in [2.05, 4.69) is 42.4 Å². The quantitative estimate of drug-likeness (QED) is 0.683. The minimum atomic E-state index is -0.114. The number of carbonyl (C=O) groups excluding carboxylic acids is 1. The Labute approximate surface area is 150 Å². The van der Waals surface area contributed by atoms with Crippen LogP contribution >= 0.6 is 0 Å². The molecule has 1 aromatic rings. The van der Waals surface area contributed by atoms with Crippen LogP contribution < -0.4 is 5.32 Å². The molecule has 0 aliphatic rings. The number of hydrogen-bond acceptors (Lipinski definition) is 3. The summed E-state index contributed by atoms with van der Waals surface area (Å²) in [5.74, 6) is -0.114. The molecule has 0 aliphatic carbocycles. The van der Waals surface area contributed by atoms with Crippen LogP contribution in [0.4, 0.5) is 5.69 Å². The minimum absolute atomic E-state index is 0. The molecule has 0 saturated heterocycles. The summed E-state index contributed by atoms with van der Waals surface area (Å²) >= 11 is 0. The largest absolute Gasteiger partial charge is 0.351 e. The van der Waals surface area contributed by atoms with E-state index in [4.69, 9.17) is 0 Å². The van der Waals surface area contributed by atoms with Crippen molar-refractivity contribution in [2.45, 2.75) is 42.0 Å². The normalized spacial score (nSPS) is 9.42. The van der Waals surface area contributed by atoms with E-state index in [1.807, 2.05) is 32.9 Å². The molecule has 0 aromatic heterocycles. The molecule has 4 nitrogen and oxygen atoms in total. The molecule has 0 atom stereocenters. The van der Waals surface area contributed by atoms with E-state index in [-0.39, 0.29) is 14.8 Å². The van der Waals surface area contributed by atoms with Crippen molar-refractivity contribution in [3.63, 3.8) is 0 Å². The maximum atomic E-state index is 12.4. The third-order valence-electron chi connectivity index (χ3n) is 3.51. The van der Waals surface area contributed by atoms with Gasteiger partial charge in [0.05, 0.1) is 11.3 Å². The Morgan fingerprint density at radius 2 is 1.92 bits per heavy atom. The predicted octanol–water partition coefficient (Wildman–Crippen LogP) is 4.95. The second-order valence-electron chi connectivity index (χ2n) is 4.90. The Morgan fingerprint density at radius 3 is 2.38 bits per heavy atom. The fourth-order valence-corrected chi connectivity index (χ4v) is 2.27. The molecule has 0 aliphatic heterocycles. The number of nitrogens with one attached hydrogen (secondary N) is 1. The standard InChI is InChI=1S/C17H25N3O.C2H6.CH4.H2/c1-6-14-11-13(4)12-15(16(14)18-5)17(21)19-9-10-20(7-2)8-3;1-2;;/h6,11-12H,1,5,7-10H2,2-4H3,(H,19,21);1-2H3;1H4;1H. The molecule has 1 N–H and O–H groups in total. The molecule has 1 amide bonds. The van der Waals surface area contributed by atoms with Crippen LogP contribution in [0.5, 0.6) is 0 Å².